The third kappa shape index (κ3) is 2.85. The molecule has 0 saturated carbocycles. The zero-order chi connectivity index (χ0) is 17.4. The number of phenols is 1. The van der Waals surface area contributed by atoms with Gasteiger partial charge in [0, 0.05) is 12.1 Å². The van der Waals surface area contributed by atoms with Crippen LogP contribution in [-0.4, -0.2) is 33.7 Å². The van der Waals surface area contributed by atoms with Gasteiger partial charge in [-0.05, 0) is 43.2 Å². The molecule has 1 aliphatic rings. The Morgan fingerprint density at radius 2 is 2.00 bits per heavy atom. The zero-order valence-corrected chi connectivity index (χ0v) is 13.0. The van der Waals surface area contributed by atoms with Gasteiger partial charge in [-0.2, -0.15) is 0 Å². The Kier molecular flexibility index (Phi) is 4.24. The molecule has 2 atom stereocenters. The molecule has 0 radical (unpaired) electrons. The van der Waals surface area contributed by atoms with Crippen molar-refractivity contribution in [1.82, 2.24) is 4.90 Å². The van der Waals surface area contributed by atoms with Crippen molar-refractivity contribution in [3.63, 3.8) is 0 Å². The van der Waals surface area contributed by atoms with Crippen LogP contribution >= 0.6 is 0 Å². The van der Waals surface area contributed by atoms with Crippen LogP contribution in [0.5, 0.6) is 5.75 Å². The summed E-state index contributed by atoms with van der Waals surface area (Å²) < 4.78 is 27.6. The van der Waals surface area contributed by atoms with Crippen LogP contribution < -0.4 is 0 Å². The van der Waals surface area contributed by atoms with Crippen molar-refractivity contribution in [2.75, 3.05) is 6.54 Å². The predicted molar refractivity (Wildman–Crippen MR) is 83.6 cm³/mol. The van der Waals surface area contributed by atoms with E-state index in [0.717, 1.165) is 18.2 Å². The molecule has 4 nitrogen and oxygen atoms in total. The number of hydrogen-bond acceptors (Lipinski definition) is 3. The molecular formula is C18H17F2NO3. The molecule has 2 aromatic rings. The Morgan fingerprint density at radius 1 is 1.25 bits per heavy atom. The minimum Gasteiger partial charge on any atom is -0.507 e. The largest absolute Gasteiger partial charge is 0.507 e. The highest BCUT2D eigenvalue weighted by atomic mass is 19.1. The number of β-amino-alcohol motifs (C(OH)–C–C–N with tert-alkyl or cyclic N) is 1. The van der Waals surface area contributed by atoms with E-state index in [-0.39, 0.29) is 29.8 Å². The van der Waals surface area contributed by atoms with E-state index in [2.05, 4.69) is 0 Å². The van der Waals surface area contributed by atoms with Gasteiger partial charge in [-0.1, -0.05) is 12.1 Å². The predicted octanol–water partition coefficient (Wildman–Crippen LogP) is 2.93. The second-order valence-corrected chi connectivity index (χ2v) is 6.00. The Bertz CT molecular complexity index is 794. The zero-order valence-electron chi connectivity index (χ0n) is 13.0. The van der Waals surface area contributed by atoms with E-state index in [1.807, 2.05) is 0 Å². The average Bonchev–Trinajstić information content (AvgIpc) is 2.93. The first-order valence-electron chi connectivity index (χ1n) is 7.61. The highest BCUT2D eigenvalue weighted by molar-refractivity contribution is 5.97. The molecule has 126 valence electrons. The van der Waals surface area contributed by atoms with Crippen LogP contribution in [0.25, 0.3) is 0 Å². The van der Waals surface area contributed by atoms with Gasteiger partial charge in [-0.15, -0.1) is 0 Å². The van der Waals surface area contributed by atoms with E-state index >= 15 is 0 Å². The Labute approximate surface area is 138 Å². The van der Waals surface area contributed by atoms with Crippen LogP contribution in [0.15, 0.2) is 36.4 Å². The van der Waals surface area contributed by atoms with Crippen LogP contribution in [0.3, 0.4) is 0 Å². The SMILES string of the molecule is Cc1cccc(C(=O)N2CC(O)CC2c2cc(F)ccc2F)c1O. The summed E-state index contributed by atoms with van der Waals surface area (Å²) in [5, 5.41) is 20.0. The number of aromatic hydroxyl groups is 1. The molecule has 0 aromatic heterocycles. The van der Waals surface area contributed by atoms with Crippen molar-refractivity contribution in [3.05, 3.63) is 64.7 Å². The lowest BCUT2D eigenvalue weighted by atomic mass is 10.0. The number of halogens is 2. The smallest absolute Gasteiger partial charge is 0.258 e. The van der Waals surface area contributed by atoms with Gasteiger partial charge >= 0.3 is 0 Å². The third-order valence-electron chi connectivity index (χ3n) is 4.33. The maximum Gasteiger partial charge on any atom is 0.258 e. The summed E-state index contributed by atoms with van der Waals surface area (Å²) in [7, 11) is 0. The Hall–Kier alpha value is -2.47. The monoisotopic (exact) mass is 333 g/mol. The maximum atomic E-state index is 14.1. The molecule has 1 amide bonds. The van der Waals surface area contributed by atoms with E-state index < -0.39 is 29.7 Å². The lowest BCUT2D eigenvalue weighted by Crippen LogP contribution is -2.32. The molecule has 0 bridgehead atoms. The van der Waals surface area contributed by atoms with Crippen LogP contribution in [-0.2, 0) is 0 Å². The molecule has 3 rings (SSSR count). The van der Waals surface area contributed by atoms with Crippen molar-refractivity contribution in [3.8, 4) is 5.75 Å². The first-order valence-corrected chi connectivity index (χ1v) is 7.61. The number of aryl methyl sites for hydroxylation is 1. The summed E-state index contributed by atoms with van der Waals surface area (Å²) in [6, 6.07) is 7.01. The molecule has 0 spiro atoms. The summed E-state index contributed by atoms with van der Waals surface area (Å²) in [5.41, 5.74) is 0.632. The number of likely N-dealkylation sites (tertiary alicyclic amines) is 1. The number of nitrogens with zero attached hydrogens (tertiary/aromatic N) is 1. The van der Waals surface area contributed by atoms with E-state index in [0.29, 0.717) is 5.56 Å². The van der Waals surface area contributed by atoms with Gasteiger partial charge in [0.1, 0.15) is 17.4 Å². The second-order valence-electron chi connectivity index (χ2n) is 6.00. The molecule has 1 fully saturated rings. The van der Waals surface area contributed by atoms with Crippen molar-refractivity contribution >= 4 is 5.91 Å². The number of benzene rings is 2. The van der Waals surface area contributed by atoms with Crippen LogP contribution in [0.4, 0.5) is 8.78 Å². The fraction of sp³-hybridized carbons (Fsp3) is 0.278. The molecular weight excluding hydrogens is 316 g/mol. The van der Waals surface area contributed by atoms with E-state index in [4.69, 9.17) is 0 Å². The van der Waals surface area contributed by atoms with Gasteiger partial charge in [0.2, 0.25) is 0 Å². The van der Waals surface area contributed by atoms with Crippen LogP contribution in [0.2, 0.25) is 0 Å². The highest BCUT2D eigenvalue weighted by Gasteiger charge is 2.38. The molecule has 1 heterocycles. The Morgan fingerprint density at radius 3 is 2.75 bits per heavy atom. The minimum atomic E-state index is -0.839. The molecule has 0 aliphatic carbocycles. The van der Waals surface area contributed by atoms with Gasteiger partial charge in [-0.25, -0.2) is 8.78 Å². The first kappa shape index (κ1) is 16.4. The van der Waals surface area contributed by atoms with Gasteiger partial charge in [0.25, 0.3) is 5.91 Å². The number of carbonyl (C=O) groups excluding carboxylic acids is 1. The van der Waals surface area contributed by atoms with E-state index in [1.54, 1.807) is 19.1 Å². The maximum absolute atomic E-state index is 14.1. The van der Waals surface area contributed by atoms with Crippen molar-refractivity contribution < 1.29 is 23.8 Å². The number of amides is 1. The van der Waals surface area contributed by atoms with Crippen molar-refractivity contribution in [2.24, 2.45) is 0 Å². The molecule has 6 heteroatoms. The highest BCUT2D eigenvalue weighted by Crippen LogP contribution is 2.36. The standard InChI is InChI=1S/C18H17F2NO3/c1-10-3-2-4-13(17(10)23)18(24)21-9-12(22)8-16(21)14-7-11(19)5-6-15(14)20/h2-7,12,16,22-23H,8-9H2,1H3. The van der Waals surface area contributed by atoms with Gasteiger partial charge in [-0.3, -0.25) is 4.79 Å². The van der Waals surface area contributed by atoms with Crippen molar-refractivity contribution in [2.45, 2.75) is 25.5 Å². The number of rotatable bonds is 2. The minimum absolute atomic E-state index is 0.00711. The molecule has 2 N–H and O–H groups in total. The number of para-hydroxylation sites is 1. The summed E-state index contributed by atoms with van der Waals surface area (Å²) in [6.45, 7) is 1.65. The normalized spacial score (nSPS) is 20.4. The van der Waals surface area contributed by atoms with Crippen molar-refractivity contribution in [1.29, 1.82) is 0 Å². The summed E-state index contributed by atoms with van der Waals surface area (Å²) >= 11 is 0. The average molecular weight is 333 g/mol. The quantitative estimate of drug-likeness (QED) is 0.888. The lowest BCUT2D eigenvalue weighted by molar-refractivity contribution is 0.0710. The summed E-state index contributed by atoms with van der Waals surface area (Å²) in [4.78, 5) is 14.1. The second kappa shape index (κ2) is 6.20. The number of aliphatic hydroxyl groups excluding tert-OH is 1. The topological polar surface area (TPSA) is 60.8 Å². The van der Waals surface area contributed by atoms with Gasteiger partial charge < -0.3 is 15.1 Å². The third-order valence-corrected chi connectivity index (χ3v) is 4.33. The fourth-order valence-corrected chi connectivity index (χ4v) is 3.09. The number of hydrogen-bond donors (Lipinski definition) is 2. The lowest BCUT2D eigenvalue weighted by Gasteiger charge is -2.25. The number of phenolic OH excluding ortho intramolecular Hbond substituents is 1. The molecule has 2 aromatic carbocycles. The Balaban J connectivity index is 2.00. The summed E-state index contributed by atoms with van der Waals surface area (Å²) in [5.74, 6) is -1.93. The fourth-order valence-electron chi connectivity index (χ4n) is 3.09. The number of aliphatic hydroxyl groups is 1. The number of carbonyl (C=O) groups is 1. The molecule has 1 aliphatic heterocycles. The van der Waals surface area contributed by atoms with Gasteiger partial charge in [0.15, 0.2) is 0 Å². The summed E-state index contributed by atoms with van der Waals surface area (Å²) in [6.07, 6.45) is -0.729. The molecule has 1 saturated heterocycles. The molecule has 2 unspecified atom stereocenters. The molecule has 24 heavy (non-hydrogen) atoms. The van der Waals surface area contributed by atoms with Crippen LogP contribution in [0.1, 0.15) is 33.9 Å². The first-order chi connectivity index (χ1) is 11.4. The van der Waals surface area contributed by atoms with Crippen LogP contribution in [0, 0.1) is 18.6 Å². The van der Waals surface area contributed by atoms with E-state index in [9.17, 15) is 23.8 Å². The van der Waals surface area contributed by atoms with Gasteiger partial charge in [0.05, 0.1) is 17.7 Å². The van der Waals surface area contributed by atoms with E-state index in [1.165, 1.54) is 11.0 Å².